The largest absolute Gasteiger partial charge is 0.480 e. The SMILES string of the molecule is O=C(O)CN(C(=O)c1ccc(-c2ccccc2F)s1)C1CCOCC1. The van der Waals surface area contributed by atoms with E-state index in [1.54, 1.807) is 30.3 Å². The zero-order valence-electron chi connectivity index (χ0n) is 13.5. The predicted molar refractivity (Wildman–Crippen MR) is 92.2 cm³/mol. The first-order valence-electron chi connectivity index (χ1n) is 8.01. The number of amides is 1. The van der Waals surface area contributed by atoms with Crippen molar-refractivity contribution in [2.45, 2.75) is 18.9 Å². The minimum Gasteiger partial charge on any atom is -0.480 e. The number of aliphatic carboxylic acids is 1. The van der Waals surface area contributed by atoms with Crippen molar-refractivity contribution >= 4 is 23.2 Å². The highest BCUT2D eigenvalue weighted by molar-refractivity contribution is 7.17. The average Bonchev–Trinajstić information content (AvgIpc) is 3.10. The summed E-state index contributed by atoms with van der Waals surface area (Å²) >= 11 is 1.17. The third-order valence-electron chi connectivity index (χ3n) is 4.15. The summed E-state index contributed by atoms with van der Waals surface area (Å²) in [5.74, 6) is -1.73. The van der Waals surface area contributed by atoms with Gasteiger partial charge in [-0.1, -0.05) is 18.2 Å². The van der Waals surface area contributed by atoms with Crippen LogP contribution in [0.1, 0.15) is 22.5 Å². The topological polar surface area (TPSA) is 66.8 Å². The van der Waals surface area contributed by atoms with Crippen LogP contribution < -0.4 is 0 Å². The lowest BCUT2D eigenvalue weighted by Gasteiger charge is -2.32. The number of thiophene rings is 1. The van der Waals surface area contributed by atoms with Gasteiger partial charge in [0.1, 0.15) is 12.4 Å². The minimum absolute atomic E-state index is 0.156. The third-order valence-corrected chi connectivity index (χ3v) is 5.26. The van der Waals surface area contributed by atoms with E-state index in [2.05, 4.69) is 0 Å². The molecule has 0 radical (unpaired) electrons. The highest BCUT2D eigenvalue weighted by Gasteiger charge is 2.29. The van der Waals surface area contributed by atoms with Crippen LogP contribution in [0.4, 0.5) is 4.39 Å². The van der Waals surface area contributed by atoms with Crippen LogP contribution in [0.25, 0.3) is 10.4 Å². The van der Waals surface area contributed by atoms with E-state index in [-0.39, 0.29) is 24.3 Å². The summed E-state index contributed by atoms with van der Waals surface area (Å²) in [5, 5.41) is 9.16. The van der Waals surface area contributed by atoms with Crippen molar-refractivity contribution in [1.29, 1.82) is 0 Å². The van der Waals surface area contributed by atoms with E-state index in [9.17, 15) is 14.0 Å². The van der Waals surface area contributed by atoms with Gasteiger partial charge in [-0.05, 0) is 31.0 Å². The van der Waals surface area contributed by atoms with Gasteiger partial charge in [0.2, 0.25) is 0 Å². The van der Waals surface area contributed by atoms with Gasteiger partial charge in [0, 0.05) is 29.7 Å². The van der Waals surface area contributed by atoms with Crippen molar-refractivity contribution in [2.75, 3.05) is 19.8 Å². The van der Waals surface area contributed by atoms with Crippen molar-refractivity contribution in [2.24, 2.45) is 0 Å². The molecule has 1 aromatic carbocycles. The molecule has 132 valence electrons. The van der Waals surface area contributed by atoms with E-state index in [1.165, 1.54) is 22.3 Å². The summed E-state index contributed by atoms with van der Waals surface area (Å²) in [5.41, 5.74) is 0.433. The molecule has 1 aromatic heterocycles. The molecule has 0 bridgehead atoms. The summed E-state index contributed by atoms with van der Waals surface area (Å²) in [6.07, 6.45) is 1.23. The Labute approximate surface area is 148 Å². The maximum atomic E-state index is 13.9. The lowest BCUT2D eigenvalue weighted by molar-refractivity contribution is -0.138. The smallest absolute Gasteiger partial charge is 0.323 e. The fraction of sp³-hybridized carbons (Fsp3) is 0.333. The van der Waals surface area contributed by atoms with Crippen LogP contribution in [-0.4, -0.2) is 47.7 Å². The molecule has 3 rings (SSSR count). The first-order chi connectivity index (χ1) is 12.1. The van der Waals surface area contributed by atoms with E-state index < -0.39 is 5.97 Å². The molecule has 2 aromatic rings. The fourth-order valence-corrected chi connectivity index (χ4v) is 3.90. The summed E-state index contributed by atoms with van der Waals surface area (Å²) in [4.78, 5) is 26.5. The molecule has 0 saturated carbocycles. The van der Waals surface area contributed by atoms with Crippen LogP contribution in [0.15, 0.2) is 36.4 Å². The van der Waals surface area contributed by atoms with Crippen LogP contribution in [-0.2, 0) is 9.53 Å². The molecule has 1 saturated heterocycles. The molecule has 7 heteroatoms. The Morgan fingerprint density at radius 1 is 1.20 bits per heavy atom. The molecular weight excluding hydrogens is 345 g/mol. The third kappa shape index (κ3) is 4.05. The van der Waals surface area contributed by atoms with E-state index in [1.807, 2.05) is 0 Å². The number of rotatable bonds is 5. The van der Waals surface area contributed by atoms with E-state index >= 15 is 0 Å². The maximum Gasteiger partial charge on any atom is 0.323 e. The highest BCUT2D eigenvalue weighted by Crippen LogP contribution is 2.31. The second-order valence-electron chi connectivity index (χ2n) is 5.81. The Morgan fingerprint density at radius 3 is 2.60 bits per heavy atom. The molecule has 25 heavy (non-hydrogen) atoms. The fourth-order valence-electron chi connectivity index (χ4n) is 2.91. The van der Waals surface area contributed by atoms with Gasteiger partial charge in [0.25, 0.3) is 5.91 Å². The Kier molecular flexibility index (Phi) is 5.45. The van der Waals surface area contributed by atoms with Crippen molar-refractivity contribution in [3.05, 3.63) is 47.1 Å². The summed E-state index contributed by atoms with van der Waals surface area (Å²) in [7, 11) is 0. The maximum absolute atomic E-state index is 13.9. The molecule has 0 aliphatic carbocycles. The number of benzene rings is 1. The number of carbonyl (C=O) groups excluding carboxylic acids is 1. The number of halogens is 1. The van der Waals surface area contributed by atoms with Gasteiger partial charge in [-0.2, -0.15) is 0 Å². The normalized spacial score (nSPS) is 15.1. The van der Waals surface area contributed by atoms with Gasteiger partial charge in [0.15, 0.2) is 0 Å². The standard InChI is InChI=1S/C18H18FNO4S/c19-14-4-2-1-3-13(14)15-5-6-16(25-15)18(23)20(11-17(21)22)12-7-9-24-10-8-12/h1-6,12H,7-11H2,(H,21,22). The van der Waals surface area contributed by atoms with E-state index in [0.717, 1.165) is 0 Å². The Hall–Kier alpha value is -2.25. The van der Waals surface area contributed by atoms with Crippen LogP contribution >= 0.6 is 11.3 Å². The van der Waals surface area contributed by atoms with Crippen LogP contribution in [0.5, 0.6) is 0 Å². The first kappa shape index (κ1) is 17.6. The molecule has 1 fully saturated rings. The van der Waals surface area contributed by atoms with Gasteiger partial charge in [-0.15, -0.1) is 11.3 Å². The lowest BCUT2D eigenvalue weighted by atomic mass is 10.1. The monoisotopic (exact) mass is 363 g/mol. The van der Waals surface area contributed by atoms with Gasteiger partial charge in [-0.3, -0.25) is 9.59 Å². The molecule has 5 nitrogen and oxygen atoms in total. The summed E-state index contributed by atoms with van der Waals surface area (Å²) in [6.45, 7) is 0.675. The quantitative estimate of drug-likeness (QED) is 0.885. The molecule has 1 aliphatic heterocycles. The average molecular weight is 363 g/mol. The first-order valence-corrected chi connectivity index (χ1v) is 8.83. The predicted octanol–water partition coefficient (Wildman–Crippen LogP) is 3.26. The zero-order chi connectivity index (χ0) is 17.8. The van der Waals surface area contributed by atoms with E-state index in [0.29, 0.717) is 41.4 Å². The van der Waals surface area contributed by atoms with Crippen LogP contribution in [0.3, 0.4) is 0 Å². The van der Waals surface area contributed by atoms with Gasteiger partial charge < -0.3 is 14.7 Å². The molecule has 0 atom stereocenters. The van der Waals surface area contributed by atoms with Crippen molar-refractivity contribution < 1.29 is 23.8 Å². The second-order valence-corrected chi connectivity index (χ2v) is 6.90. The van der Waals surface area contributed by atoms with Gasteiger partial charge in [-0.25, -0.2) is 4.39 Å². The number of carboxylic acid groups (broad SMARTS) is 1. The zero-order valence-corrected chi connectivity index (χ0v) is 14.3. The van der Waals surface area contributed by atoms with Crippen LogP contribution in [0.2, 0.25) is 0 Å². The number of nitrogens with zero attached hydrogens (tertiary/aromatic N) is 1. The minimum atomic E-state index is -1.05. The molecule has 1 amide bonds. The lowest BCUT2D eigenvalue weighted by Crippen LogP contribution is -2.45. The number of hydrogen-bond donors (Lipinski definition) is 1. The number of hydrogen-bond acceptors (Lipinski definition) is 4. The second kappa shape index (κ2) is 7.76. The van der Waals surface area contributed by atoms with Crippen molar-refractivity contribution in [3.63, 3.8) is 0 Å². The number of carboxylic acids is 1. The highest BCUT2D eigenvalue weighted by atomic mass is 32.1. The summed E-state index contributed by atoms with van der Waals surface area (Å²) in [6, 6.07) is 9.54. The number of carbonyl (C=O) groups is 2. The molecular formula is C18H18FNO4S. The Morgan fingerprint density at radius 2 is 1.92 bits per heavy atom. The van der Waals surface area contributed by atoms with Gasteiger partial charge >= 0.3 is 5.97 Å². The Bertz CT molecular complexity index is 770. The summed E-state index contributed by atoms with van der Waals surface area (Å²) < 4.78 is 19.2. The molecule has 2 heterocycles. The van der Waals surface area contributed by atoms with Crippen molar-refractivity contribution in [3.8, 4) is 10.4 Å². The van der Waals surface area contributed by atoms with E-state index in [4.69, 9.17) is 9.84 Å². The molecule has 0 spiro atoms. The number of ether oxygens (including phenoxy) is 1. The Balaban J connectivity index is 1.84. The molecule has 1 aliphatic rings. The van der Waals surface area contributed by atoms with Crippen LogP contribution in [0, 0.1) is 5.82 Å². The van der Waals surface area contributed by atoms with Crippen molar-refractivity contribution in [1.82, 2.24) is 4.90 Å². The molecule has 0 unspecified atom stereocenters. The molecule has 1 N–H and O–H groups in total. The van der Waals surface area contributed by atoms with Gasteiger partial charge in [0.05, 0.1) is 4.88 Å².